The Labute approximate surface area is 191 Å². The third kappa shape index (κ3) is 4.40. The Morgan fingerprint density at radius 1 is 1.16 bits per heavy atom. The number of thiophene rings is 1. The van der Waals surface area contributed by atoms with Crippen LogP contribution in [0.3, 0.4) is 0 Å². The molecule has 3 aromatic rings. The average molecular weight is 448 g/mol. The molecule has 5 rings (SSSR count). The zero-order chi connectivity index (χ0) is 21.9. The van der Waals surface area contributed by atoms with Crippen LogP contribution in [0.1, 0.15) is 35.1 Å². The third-order valence-corrected chi connectivity index (χ3v) is 6.72. The molecular weight excluding hydrogens is 422 g/mol. The van der Waals surface area contributed by atoms with E-state index in [9.17, 15) is 9.59 Å². The van der Waals surface area contributed by atoms with Gasteiger partial charge in [0.25, 0.3) is 0 Å². The number of ether oxygens (including phenoxy) is 1. The highest BCUT2D eigenvalue weighted by Gasteiger charge is 2.30. The molecule has 0 spiro atoms. The molecule has 6 nitrogen and oxygen atoms in total. The van der Waals surface area contributed by atoms with Crippen molar-refractivity contribution >= 4 is 28.8 Å². The molecule has 2 aliphatic rings. The minimum atomic E-state index is -0.452. The number of amides is 2. The molecule has 0 radical (unpaired) electrons. The number of anilines is 1. The summed E-state index contributed by atoms with van der Waals surface area (Å²) in [5.41, 5.74) is 3.92. The maximum Gasteiger partial charge on any atom is 0.228 e. The van der Waals surface area contributed by atoms with Crippen molar-refractivity contribution < 1.29 is 14.3 Å². The van der Waals surface area contributed by atoms with E-state index in [0.29, 0.717) is 13.1 Å². The van der Waals surface area contributed by atoms with Crippen LogP contribution >= 0.6 is 11.3 Å². The van der Waals surface area contributed by atoms with Gasteiger partial charge in [-0.3, -0.25) is 14.5 Å². The van der Waals surface area contributed by atoms with Crippen molar-refractivity contribution in [2.24, 2.45) is 0 Å². The zero-order valence-electron chi connectivity index (χ0n) is 17.6. The lowest BCUT2D eigenvalue weighted by Gasteiger charge is -2.26. The standard InChI is InChI=1S/C25H25N3O3S/c29-24-13-20(19-6-2-3-7-21(19)27-24)25(30)26-10-11-28-14-17-5-1-4-8-22(17)31-23(15-28)18-9-12-32-16-18/h1-9,12,16,20,23H,10-11,13-15H2,(H,26,30)(H,27,29). The van der Waals surface area contributed by atoms with E-state index in [1.807, 2.05) is 42.5 Å². The summed E-state index contributed by atoms with van der Waals surface area (Å²) in [5.74, 6) is 0.239. The second-order valence-electron chi connectivity index (χ2n) is 8.19. The van der Waals surface area contributed by atoms with Gasteiger partial charge in [-0.1, -0.05) is 36.4 Å². The lowest BCUT2D eigenvalue weighted by atomic mass is 9.90. The first-order chi connectivity index (χ1) is 15.7. The van der Waals surface area contributed by atoms with Crippen LogP contribution in [0.4, 0.5) is 5.69 Å². The van der Waals surface area contributed by atoms with Crippen LogP contribution in [0, 0.1) is 0 Å². The predicted molar refractivity (Wildman–Crippen MR) is 125 cm³/mol. The van der Waals surface area contributed by atoms with E-state index in [-0.39, 0.29) is 24.3 Å². The highest BCUT2D eigenvalue weighted by molar-refractivity contribution is 7.07. The van der Waals surface area contributed by atoms with Crippen LogP contribution in [0.15, 0.2) is 65.4 Å². The summed E-state index contributed by atoms with van der Waals surface area (Å²) in [6.07, 6.45) is 0.128. The molecule has 2 N–H and O–H groups in total. The van der Waals surface area contributed by atoms with Gasteiger partial charge in [-0.25, -0.2) is 0 Å². The Morgan fingerprint density at radius 3 is 2.88 bits per heavy atom. The molecule has 164 valence electrons. The smallest absolute Gasteiger partial charge is 0.228 e. The Bertz CT molecular complexity index is 1120. The molecule has 32 heavy (non-hydrogen) atoms. The first kappa shape index (κ1) is 20.7. The van der Waals surface area contributed by atoms with Crippen LogP contribution < -0.4 is 15.4 Å². The summed E-state index contributed by atoms with van der Waals surface area (Å²) < 4.78 is 6.34. The van der Waals surface area contributed by atoms with Gasteiger partial charge in [0.15, 0.2) is 0 Å². The van der Waals surface area contributed by atoms with E-state index in [0.717, 1.165) is 35.7 Å². The van der Waals surface area contributed by atoms with Gasteiger partial charge < -0.3 is 15.4 Å². The molecule has 0 bridgehead atoms. The fraction of sp³-hybridized carbons (Fsp3) is 0.280. The summed E-state index contributed by atoms with van der Waals surface area (Å²) in [5, 5.41) is 10.1. The van der Waals surface area contributed by atoms with Gasteiger partial charge in [0, 0.05) is 49.4 Å². The Hall–Kier alpha value is -3.16. The number of benzene rings is 2. The third-order valence-electron chi connectivity index (χ3n) is 6.02. The lowest BCUT2D eigenvalue weighted by molar-refractivity contribution is -0.126. The Kier molecular flexibility index (Phi) is 5.92. The normalized spacial score (nSPS) is 20.3. The molecule has 2 amide bonds. The molecule has 7 heteroatoms. The van der Waals surface area contributed by atoms with Gasteiger partial charge in [0.05, 0.1) is 5.92 Å². The lowest BCUT2D eigenvalue weighted by Crippen LogP contribution is -2.40. The summed E-state index contributed by atoms with van der Waals surface area (Å²) in [6, 6.07) is 17.8. The molecule has 3 heterocycles. The summed E-state index contributed by atoms with van der Waals surface area (Å²) in [6.45, 7) is 2.72. The number of nitrogens with one attached hydrogen (secondary N) is 2. The van der Waals surface area contributed by atoms with Crippen molar-refractivity contribution in [1.82, 2.24) is 10.2 Å². The minimum Gasteiger partial charge on any atom is -0.484 e. The number of rotatable bonds is 5. The average Bonchev–Trinajstić information content (AvgIpc) is 3.27. The molecule has 2 aromatic carbocycles. The number of carbonyl (C=O) groups is 2. The minimum absolute atomic E-state index is 0.0467. The fourth-order valence-electron chi connectivity index (χ4n) is 4.39. The van der Waals surface area contributed by atoms with Gasteiger partial charge in [0.2, 0.25) is 11.8 Å². The second kappa shape index (κ2) is 9.14. The Morgan fingerprint density at radius 2 is 2.00 bits per heavy atom. The number of fused-ring (bicyclic) bond motifs is 2. The SMILES string of the molecule is O=C1CC(C(=O)NCCN2Cc3ccccc3OC(c3ccsc3)C2)c2ccccc2N1. The van der Waals surface area contributed by atoms with Gasteiger partial charge in [-0.2, -0.15) is 11.3 Å². The highest BCUT2D eigenvalue weighted by Crippen LogP contribution is 2.33. The van der Waals surface area contributed by atoms with Crippen molar-refractivity contribution in [2.75, 3.05) is 25.0 Å². The second-order valence-corrected chi connectivity index (χ2v) is 8.97. The largest absolute Gasteiger partial charge is 0.484 e. The first-order valence-electron chi connectivity index (χ1n) is 10.8. The van der Waals surface area contributed by atoms with Gasteiger partial charge >= 0.3 is 0 Å². The maximum atomic E-state index is 12.9. The van der Waals surface area contributed by atoms with Crippen molar-refractivity contribution in [2.45, 2.75) is 25.0 Å². The molecule has 2 unspecified atom stereocenters. The topological polar surface area (TPSA) is 70.7 Å². The Balaban J connectivity index is 1.25. The number of hydrogen-bond donors (Lipinski definition) is 2. The van der Waals surface area contributed by atoms with Crippen LogP contribution in [0.2, 0.25) is 0 Å². The number of nitrogens with zero attached hydrogens (tertiary/aromatic N) is 1. The van der Waals surface area contributed by atoms with Crippen molar-refractivity contribution in [1.29, 1.82) is 0 Å². The monoisotopic (exact) mass is 447 g/mol. The molecule has 0 saturated heterocycles. The van der Waals surface area contributed by atoms with Gasteiger partial charge in [0.1, 0.15) is 11.9 Å². The maximum absolute atomic E-state index is 12.9. The zero-order valence-corrected chi connectivity index (χ0v) is 18.4. The van der Waals surface area contributed by atoms with Crippen LogP contribution in [-0.4, -0.2) is 36.3 Å². The van der Waals surface area contributed by atoms with Crippen molar-refractivity contribution in [3.05, 3.63) is 82.0 Å². The highest BCUT2D eigenvalue weighted by atomic mass is 32.1. The number of hydrogen-bond acceptors (Lipinski definition) is 5. The van der Waals surface area contributed by atoms with E-state index in [4.69, 9.17) is 4.74 Å². The van der Waals surface area contributed by atoms with Crippen molar-refractivity contribution in [3.8, 4) is 5.75 Å². The van der Waals surface area contributed by atoms with E-state index in [1.54, 1.807) is 11.3 Å². The van der Waals surface area contributed by atoms with E-state index >= 15 is 0 Å². The van der Waals surface area contributed by atoms with Gasteiger partial charge in [-0.15, -0.1) is 0 Å². The summed E-state index contributed by atoms with van der Waals surface area (Å²) in [4.78, 5) is 27.3. The quantitative estimate of drug-likeness (QED) is 0.622. The molecule has 0 fully saturated rings. The summed E-state index contributed by atoms with van der Waals surface area (Å²) in [7, 11) is 0. The molecular formula is C25H25N3O3S. The van der Waals surface area contributed by atoms with Crippen molar-refractivity contribution in [3.63, 3.8) is 0 Å². The molecule has 0 aliphatic carbocycles. The van der Waals surface area contributed by atoms with Gasteiger partial charge in [-0.05, 0) is 34.5 Å². The predicted octanol–water partition coefficient (Wildman–Crippen LogP) is 3.93. The number of para-hydroxylation sites is 2. The molecule has 1 aromatic heterocycles. The van der Waals surface area contributed by atoms with E-state index in [1.165, 1.54) is 5.56 Å². The molecule has 0 saturated carbocycles. The first-order valence-corrected chi connectivity index (χ1v) is 11.8. The van der Waals surface area contributed by atoms with E-state index < -0.39 is 5.92 Å². The fourth-order valence-corrected chi connectivity index (χ4v) is 5.09. The van der Waals surface area contributed by atoms with E-state index in [2.05, 4.69) is 38.4 Å². The number of carbonyl (C=O) groups excluding carboxylic acids is 2. The van der Waals surface area contributed by atoms with Crippen LogP contribution in [0.25, 0.3) is 0 Å². The molecule has 2 atom stereocenters. The van der Waals surface area contributed by atoms with Crippen LogP contribution in [0.5, 0.6) is 5.75 Å². The molecule has 2 aliphatic heterocycles. The summed E-state index contributed by atoms with van der Waals surface area (Å²) >= 11 is 1.67. The van der Waals surface area contributed by atoms with Crippen LogP contribution in [-0.2, 0) is 16.1 Å².